The molecule has 1 amide bonds. The van der Waals surface area contributed by atoms with Crippen molar-refractivity contribution in [1.29, 1.82) is 0 Å². The Morgan fingerprint density at radius 3 is 2.62 bits per heavy atom. The van der Waals surface area contributed by atoms with E-state index in [1.54, 1.807) is 0 Å². The number of aromatic nitrogens is 1. The number of piperazine rings is 1. The number of halogens is 1. The fourth-order valence-corrected chi connectivity index (χ4v) is 4.46. The lowest BCUT2D eigenvalue weighted by molar-refractivity contribution is 0.0946. The van der Waals surface area contributed by atoms with Crippen molar-refractivity contribution in [2.75, 3.05) is 36.0 Å². The van der Waals surface area contributed by atoms with Crippen molar-refractivity contribution in [1.82, 2.24) is 10.3 Å². The molecule has 0 radical (unpaired) electrons. The molecule has 0 saturated carbocycles. The maximum atomic E-state index is 12.5. The summed E-state index contributed by atoms with van der Waals surface area (Å²) in [6.07, 6.45) is 0. The van der Waals surface area contributed by atoms with Crippen LogP contribution in [-0.2, 0) is 6.54 Å². The molecule has 5 nitrogen and oxygen atoms in total. The Kier molecular flexibility index (Phi) is 6.02. The van der Waals surface area contributed by atoms with Crippen LogP contribution in [0.4, 0.5) is 10.8 Å². The molecule has 2 heterocycles. The van der Waals surface area contributed by atoms with Crippen molar-refractivity contribution in [3.05, 3.63) is 75.8 Å². The molecular weight excluding hydrogens is 404 g/mol. The Bertz CT molecular complexity index is 998. The maximum Gasteiger partial charge on any atom is 0.271 e. The van der Waals surface area contributed by atoms with E-state index in [0.29, 0.717) is 12.2 Å². The zero-order valence-corrected chi connectivity index (χ0v) is 17.8. The van der Waals surface area contributed by atoms with E-state index in [1.165, 1.54) is 16.9 Å². The Labute approximate surface area is 179 Å². The van der Waals surface area contributed by atoms with E-state index < -0.39 is 0 Å². The number of thiazole rings is 1. The van der Waals surface area contributed by atoms with Gasteiger partial charge in [0.05, 0.1) is 0 Å². The predicted molar refractivity (Wildman–Crippen MR) is 120 cm³/mol. The summed E-state index contributed by atoms with van der Waals surface area (Å²) in [5, 5.41) is 6.47. The molecule has 0 bridgehead atoms. The average molecular weight is 427 g/mol. The smallest absolute Gasteiger partial charge is 0.271 e. The highest BCUT2D eigenvalue weighted by molar-refractivity contribution is 7.13. The highest BCUT2D eigenvalue weighted by Gasteiger charge is 2.21. The molecule has 29 heavy (non-hydrogen) atoms. The van der Waals surface area contributed by atoms with E-state index in [0.717, 1.165) is 47.6 Å². The molecule has 1 saturated heterocycles. The number of nitrogens with one attached hydrogen (secondary N) is 1. The summed E-state index contributed by atoms with van der Waals surface area (Å²) in [4.78, 5) is 21.6. The van der Waals surface area contributed by atoms with Crippen LogP contribution in [0, 0.1) is 6.92 Å². The molecule has 1 N–H and O–H groups in total. The van der Waals surface area contributed by atoms with Gasteiger partial charge >= 0.3 is 0 Å². The predicted octanol–water partition coefficient (Wildman–Crippen LogP) is 4.36. The van der Waals surface area contributed by atoms with Crippen LogP contribution in [0.3, 0.4) is 0 Å². The number of carbonyl (C=O) groups excluding carboxylic acids is 1. The zero-order chi connectivity index (χ0) is 20.2. The van der Waals surface area contributed by atoms with Gasteiger partial charge in [-0.15, -0.1) is 11.3 Å². The molecular formula is C22H23ClN4OS. The maximum absolute atomic E-state index is 12.5. The van der Waals surface area contributed by atoms with Gasteiger partial charge in [-0.25, -0.2) is 4.98 Å². The Morgan fingerprint density at radius 2 is 1.86 bits per heavy atom. The minimum absolute atomic E-state index is 0.131. The van der Waals surface area contributed by atoms with Gasteiger partial charge in [0.15, 0.2) is 5.13 Å². The lowest BCUT2D eigenvalue weighted by atomic mass is 10.1. The topological polar surface area (TPSA) is 48.5 Å². The summed E-state index contributed by atoms with van der Waals surface area (Å²) in [5.41, 5.74) is 3.92. The summed E-state index contributed by atoms with van der Waals surface area (Å²) >= 11 is 7.63. The lowest BCUT2D eigenvalue weighted by Crippen LogP contribution is -2.46. The molecule has 1 fully saturated rings. The Balaban J connectivity index is 1.33. The van der Waals surface area contributed by atoms with Crippen molar-refractivity contribution in [2.24, 2.45) is 0 Å². The van der Waals surface area contributed by atoms with Crippen molar-refractivity contribution >= 4 is 39.7 Å². The number of anilines is 2. The number of carbonyl (C=O) groups is 1. The summed E-state index contributed by atoms with van der Waals surface area (Å²) in [7, 11) is 0. The van der Waals surface area contributed by atoms with Gasteiger partial charge in [-0.1, -0.05) is 41.9 Å². The van der Waals surface area contributed by atoms with E-state index in [-0.39, 0.29) is 5.91 Å². The Hall–Kier alpha value is -2.57. The zero-order valence-electron chi connectivity index (χ0n) is 16.3. The van der Waals surface area contributed by atoms with E-state index in [4.69, 9.17) is 11.6 Å². The fourth-order valence-electron chi connectivity index (χ4n) is 3.42. The van der Waals surface area contributed by atoms with Gasteiger partial charge in [0.1, 0.15) is 5.69 Å². The second-order valence-electron chi connectivity index (χ2n) is 7.08. The normalized spacial score (nSPS) is 14.1. The van der Waals surface area contributed by atoms with E-state index in [1.807, 2.05) is 54.8 Å². The van der Waals surface area contributed by atoms with Crippen LogP contribution in [0.1, 0.15) is 21.6 Å². The second kappa shape index (κ2) is 8.84. The van der Waals surface area contributed by atoms with Crippen molar-refractivity contribution < 1.29 is 4.79 Å². The summed E-state index contributed by atoms with van der Waals surface area (Å²) in [6, 6.07) is 16.0. The van der Waals surface area contributed by atoms with Gasteiger partial charge in [-0.3, -0.25) is 4.79 Å². The largest absolute Gasteiger partial charge is 0.368 e. The third-order valence-electron chi connectivity index (χ3n) is 5.15. The molecule has 0 atom stereocenters. The number of aryl methyl sites for hydroxylation is 1. The molecule has 4 rings (SSSR count). The van der Waals surface area contributed by atoms with Gasteiger partial charge in [-0.05, 0) is 36.2 Å². The van der Waals surface area contributed by atoms with Crippen LogP contribution in [0.2, 0.25) is 5.02 Å². The number of amides is 1. The number of benzene rings is 2. The van der Waals surface area contributed by atoms with Crippen molar-refractivity contribution in [3.63, 3.8) is 0 Å². The molecule has 150 valence electrons. The highest BCUT2D eigenvalue weighted by Crippen LogP contribution is 2.25. The Morgan fingerprint density at radius 1 is 1.10 bits per heavy atom. The lowest BCUT2D eigenvalue weighted by Gasteiger charge is -2.36. The van der Waals surface area contributed by atoms with Crippen LogP contribution in [0.5, 0.6) is 0 Å². The first kappa shape index (κ1) is 19.7. The van der Waals surface area contributed by atoms with Gasteiger partial charge in [0, 0.05) is 48.8 Å². The number of rotatable bonds is 5. The first-order valence-corrected chi connectivity index (χ1v) is 10.9. The SMILES string of the molecule is Cc1ccccc1CNC(=O)c1csc(N2CCN(c3cccc(Cl)c3)CC2)n1. The van der Waals surface area contributed by atoms with Crippen molar-refractivity contribution in [2.45, 2.75) is 13.5 Å². The molecule has 1 aliphatic heterocycles. The fraction of sp³-hybridized carbons (Fsp3) is 0.273. The molecule has 1 aromatic heterocycles. The van der Waals surface area contributed by atoms with Crippen LogP contribution in [0.25, 0.3) is 0 Å². The number of hydrogen-bond donors (Lipinski definition) is 1. The standard InChI is InChI=1S/C22H23ClN4OS/c1-16-5-2-3-6-17(16)14-24-21(28)20-15-29-22(25-20)27-11-9-26(10-12-27)19-8-4-7-18(23)13-19/h2-8,13,15H,9-12,14H2,1H3,(H,24,28). The highest BCUT2D eigenvalue weighted by atomic mass is 35.5. The summed E-state index contributed by atoms with van der Waals surface area (Å²) in [6.45, 7) is 6.08. The molecule has 1 aliphatic rings. The third kappa shape index (κ3) is 4.71. The van der Waals surface area contributed by atoms with Gasteiger partial charge in [-0.2, -0.15) is 0 Å². The monoisotopic (exact) mass is 426 g/mol. The van der Waals surface area contributed by atoms with Crippen LogP contribution < -0.4 is 15.1 Å². The quantitative estimate of drug-likeness (QED) is 0.658. The van der Waals surface area contributed by atoms with Crippen LogP contribution in [-0.4, -0.2) is 37.1 Å². The average Bonchev–Trinajstić information content (AvgIpc) is 3.23. The molecule has 0 aliphatic carbocycles. The third-order valence-corrected chi connectivity index (χ3v) is 6.29. The van der Waals surface area contributed by atoms with E-state index in [9.17, 15) is 4.79 Å². The van der Waals surface area contributed by atoms with Gasteiger partial charge < -0.3 is 15.1 Å². The van der Waals surface area contributed by atoms with Crippen LogP contribution >= 0.6 is 22.9 Å². The number of hydrogen-bond acceptors (Lipinski definition) is 5. The molecule has 0 spiro atoms. The molecule has 2 aromatic carbocycles. The van der Waals surface area contributed by atoms with Crippen molar-refractivity contribution in [3.8, 4) is 0 Å². The second-order valence-corrected chi connectivity index (χ2v) is 8.35. The minimum atomic E-state index is -0.131. The van der Waals surface area contributed by atoms with Gasteiger partial charge in [0.2, 0.25) is 0 Å². The molecule has 0 unspecified atom stereocenters. The van der Waals surface area contributed by atoms with E-state index >= 15 is 0 Å². The van der Waals surface area contributed by atoms with Crippen LogP contribution in [0.15, 0.2) is 53.9 Å². The molecule has 7 heteroatoms. The minimum Gasteiger partial charge on any atom is -0.368 e. The first-order valence-electron chi connectivity index (χ1n) is 9.64. The summed E-state index contributed by atoms with van der Waals surface area (Å²) in [5.74, 6) is -0.131. The first-order chi connectivity index (χ1) is 14.1. The summed E-state index contributed by atoms with van der Waals surface area (Å²) < 4.78 is 0. The van der Waals surface area contributed by atoms with Gasteiger partial charge in [0.25, 0.3) is 5.91 Å². The van der Waals surface area contributed by atoms with E-state index in [2.05, 4.69) is 26.2 Å². The molecule has 3 aromatic rings. The number of nitrogens with zero attached hydrogens (tertiary/aromatic N) is 3.